The Balaban J connectivity index is 2.61. The van der Waals surface area contributed by atoms with Crippen LogP contribution in [0.3, 0.4) is 0 Å². The average molecular weight is 185 g/mol. The Hall–Kier alpha value is 0.177. The molecule has 1 aliphatic rings. The molecule has 2 heteroatoms. The molecule has 1 aliphatic heterocycles. The second-order valence-electron chi connectivity index (χ2n) is 6.26. The van der Waals surface area contributed by atoms with E-state index in [1.165, 1.54) is 0 Å². The van der Waals surface area contributed by atoms with E-state index < -0.39 is 0 Å². The van der Waals surface area contributed by atoms with E-state index in [1.54, 1.807) is 0 Å². The van der Waals surface area contributed by atoms with Gasteiger partial charge < -0.3 is 4.57 Å². The molecule has 0 spiro atoms. The van der Waals surface area contributed by atoms with Gasteiger partial charge in [0, 0.05) is 11.1 Å². The maximum absolute atomic E-state index is 2.72. The van der Waals surface area contributed by atoms with Gasteiger partial charge in [-0.3, -0.25) is 0 Å². The second kappa shape index (κ2) is 2.35. The Kier molecular flexibility index (Phi) is 2.01. The summed E-state index contributed by atoms with van der Waals surface area (Å²) in [6, 6.07) is 0. The van der Waals surface area contributed by atoms with Crippen molar-refractivity contribution in [3.05, 3.63) is 0 Å². The number of hydrogen-bond acceptors (Lipinski definition) is 1. The maximum Gasteiger partial charge on any atom is 0.102 e. The fourth-order valence-electron chi connectivity index (χ4n) is 1.89. The van der Waals surface area contributed by atoms with Crippen molar-refractivity contribution in [2.75, 3.05) is 0 Å². The van der Waals surface area contributed by atoms with Crippen LogP contribution in [-0.4, -0.2) is 25.3 Å². The fraction of sp³-hybridized carbons (Fsp3) is 1.00. The van der Waals surface area contributed by atoms with Crippen LogP contribution in [0.25, 0.3) is 0 Å². The zero-order valence-corrected chi connectivity index (χ0v) is 11.1. The zero-order chi connectivity index (χ0) is 9.78. The van der Waals surface area contributed by atoms with Crippen molar-refractivity contribution in [3.8, 4) is 0 Å². The van der Waals surface area contributed by atoms with Gasteiger partial charge in [-0.25, -0.2) is 0 Å². The van der Waals surface area contributed by atoms with E-state index in [0.29, 0.717) is 16.1 Å². The van der Waals surface area contributed by atoms with Crippen molar-refractivity contribution in [2.45, 2.75) is 64.6 Å². The monoisotopic (exact) mass is 185 g/mol. The highest BCUT2D eigenvalue weighted by Crippen LogP contribution is 2.51. The molecule has 0 N–H and O–H groups in total. The molecule has 1 fully saturated rings. The van der Waals surface area contributed by atoms with Gasteiger partial charge in [-0.1, -0.05) is 20.8 Å². The van der Waals surface area contributed by atoms with Gasteiger partial charge in [-0.2, -0.15) is 0 Å². The van der Waals surface area contributed by atoms with Crippen LogP contribution in [0.5, 0.6) is 0 Å². The van der Waals surface area contributed by atoms with E-state index in [4.69, 9.17) is 0 Å². The molecule has 0 aromatic rings. The molecule has 0 aromatic heterocycles. The highest BCUT2D eigenvalue weighted by atomic mass is 28.2. The van der Waals surface area contributed by atoms with E-state index in [0.717, 1.165) is 0 Å². The molecule has 0 amide bonds. The van der Waals surface area contributed by atoms with E-state index in [1.807, 2.05) is 0 Å². The number of rotatable bonds is 1. The summed E-state index contributed by atoms with van der Waals surface area (Å²) < 4.78 is 2.72. The second-order valence-corrected chi connectivity index (χ2v) is 9.33. The molecule has 0 aromatic carbocycles. The third-order valence-corrected chi connectivity index (χ3v) is 6.28. The Morgan fingerprint density at radius 3 is 1.33 bits per heavy atom. The number of nitrogens with zero attached hydrogens (tertiary/aromatic N) is 1. The lowest BCUT2D eigenvalue weighted by Crippen LogP contribution is -2.23. The van der Waals surface area contributed by atoms with Crippen LogP contribution in [0, 0.1) is 0 Å². The minimum Gasteiger partial charge on any atom is -0.316 e. The third kappa shape index (κ3) is 1.47. The SMILES string of the molecule is CC(C)(C)[SiH2]N1C(C)(C)C1(C)C. The van der Waals surface area contributed by atoms with Crippen LogP contribution in [0.1, 0.15) is 48.5 Å². The van der Waals surface area contributed by atoms with Crippen LogP contribution in [-0.2, 0) is 0 Å². The number of hydrogen-bond donors (Lipinski definition) is 0. The molecule has 0 aliphatic carbocycles. The first-order valence-corrected chi connectivity index (χ1v) is 6.21. The Bertz CT molecular complexity index is 175. The highest BCUT2D eigenvalue weighted by Gasteiger charge is 2.62. The Labute approximate surface area is 79.4 Å². The molecule has 1 saturated heterocycles. The van der Waals surface area contributed by atoms with Crippen molar-refractivity contribution in [1.29, 1.82) is 0 Å². The predicted octanol–water partition coefficient (Wildman–Crippen LogP) is 2.16. The summed E-state index contributed by atoms with van der Waals surface area (Å²) in [5, 5.41) is 0.561. The summed E-state index contributed by atoms with van der Waals surface area (Å²) in [5.41, 5.74) is 0.930. The molecule has 72 valence electrons. The maximum atomic E-state index is 2.72. The first-order chi connectivity index (χ1) is 5.09. The topological polar surface area (TPSA) is 3.01 Å². The molecular weight excluding hydrogens is 162 g/mol. The van der Waals surface area contributed by atoms with Gasteiger partial charge in [0.15, 0.2) is 0 Å². The molecule has 1 nitrogen and oxygen atoms in total. The molecule has 12 heavy (non-hydrogen) atoms. The smallest absolute Gasteiger partial charge is 0.102 e. The van der Waals surface area contributed by atoms with E-state index in [9.17, 15) is 0 Å². The quantitative estimate of drug-likeness (QED) is 0.447. The lowest BCUT2D eigenvalue weighted by Gasteiger charge is -2.20. The molecule has 1 heterocycles. The van der Waals surface area contributed by atoms with Crippen LogP contribution in [0.15, 0.2) is 0 Å². The van der Waals surface area contributed by atoms with E-state index in [-0.39, 0.29) is 9.68 Å². The van der Waals surface area contributed by atoms with Gasteiger partial charge in [0.1, 0.15) is 9.68 Å². The largest absolute Gasteiger partial charge is 0.316 e. The van der Waals surface area contributed by atoms with Crippen molar-refractivity contribution in [2.24, 2.45) is 0 Å². The summed E-state index contributed by atoms with van der Waals surface area (Å²) in [4.78, 5) is 0. The molecule has 0 radical (unpaired) electrons. The van der Waals surface area contributed by atoms with Crippen molar-refractivity contribution in [1.82, 2.24) is 4.57 Å². The first-order valence-electron chi connectivity index (χ1n) is 4.87. The van der Waals surface area contributed by atoms with Gasteiger partial charge in [-0.05, 0) is 32.7 Å². The Morgan fingerprint density at radius 2 is 1.25 bits per heavy atom. The van der Waals surface area contributed by atoms with Gasteiger partial charge in [0.2, 0.25) is 0 Å². The van der Waals surface area contributed by atoms with Crippen LogP contribution in [0.4, 0.5) is 0 Å². The lowest BCUT2D eigenvalue weighted by atomic mass is 10.0. The van der Waals surface area contributed by atoms with Crippen LogP contribution >= 0.6 is 0 Å². The van der Waals surface area contributed by atoms with Crippen molar-refractivity contribution in [3.63, 3.8) is 0 Å². The molecular formula is C10H23NSi. The summed E-state index contributed by atoms with van der Waals surface area (Å²) in [5.74, 6) is 0. The molecule has 0 saturated carbocycles. The van der Waals surface area contributed by atoms with Gasteiger partial charge >= 0.3 is 0 Å². The predicted molar refractivity (Wildman–Crippen MR) is 58.3 cm³/mol. The van der Waals surface area contributed by atoms with Crippen LogP contribution in [0.2, 0.25) is 5.04 Å². The minimum absolute atomic E-state index is 0.0795. The third-order valence-electron chi connectivity index (χ3n) is 3.43. The molecule has 0 bridgehead atoms. The van der Waals surface area contributed by atoms with Crippen molar-refractivity contribution < 1.29 is 0 Å². The molecule has 0 atom stereocenters. The summed E-state index contributed by atoms with van der Waals surface area (Å²) >= 11 is 0. The standard InChI is InChI=1S/C10H23NSi/c1-8(2,3)12-11-9(4,5)10(11,6)7/h12H2,1-7H3. The van der Waals surface area contributed by atoms with Gasteiger partial charge in [0.05, 0.1) is 0 Å². The zero-order valence-electron chi connectivity index (χ0n) is 9.65. The van der Waals surface area contributed by atoms with Crippen LogP contribution < -0.4 is 0 Å². The highest BCUT2D eigenvalue weighted by molar-refractivity contribution is 6.38. The van der Waals surface area contributed by atoms with E-state index in [2.05, 4.69) is 53.0 Å². The summed E-state index contributed by atoms with van der Waals surface area (Å²) in [7, 11) is -0.0795. The first kappa shape index (κ1) is 10.3. The summed E-state index contributed by atoms with van der Waals surface area (Å²) in [6.45, 7) is 16.6. The Morgan fingerprint density at radius 1 is 0.917 bits per heavy atom. The normalized spacial score (nSPS) is 28.2. The molecule has 0 unspecified atom stereocenters. The summed E-state index contributed by atoms with van der Waals surface area (Å²) in [6.07, 6.45) is 0. The van der Waals surface area contributed by atoms with Gasteiger partial charge in [0.25, 0.3) is 0 Å². The molecule has 1 rings (SSSR count). The van der Waals surface area contributed by atoms with E-state index >= 15 is 0 Å². The fourth-order valence-corrected chi connectivity index (χ4v) is 4.33. The lowest BCUT2D eigenvalue weighted by molar-refractivity contribution is 0.587. The average Bonchev–Trinajstić information content (AvgIpc) is 2.09. The minimum atomic E-state index is -0.0795. The van der Waals surface area contributed by atoms with Gasteiger partial charge in [-0.15, -0.1) is 0 Å². The van der Waals surface area contributed by atoms with Crippen molar-refractivity contribution >= 4 is 9.68 Å².